The number of anilines is 1. The second kappa shape index (κ2) is 8.69. The van der Waals surface area contributed by atoms with Crippen LogP contribution in [0.25, 0.3) is 0 Å². The molecular weight excluding hydrogens is 318 g/mol. The van der Waals surface area contributed by atoms with Gasteiger partial charge in [0.1, 0.15) is 11.9 Å². The minimum atomic E-state index is -0.533. The largest absolute Gasteiger partial charge is 0.363 e. The second-order valence-corrected chi connectivity index (χ2v) is 6.84. The fourth-order valence-corrected chi connectivity index (χ4v) is 2.95. The number of carbonyl (C=O) groups excluding carboxylic acids is 2. The summed E-state index contributed by atoms with van der Waals surface area (Å²) in [5, 5.41) is 5.50. The number of carbonyl (C=O) groups is 2. The van der Waals surface area contributed by atoms with Gasteiger partial charge in [-0.1, -0.05) is 6.07 Å². The molecule has 2 heterocycles. The van der Waals surface area contributed by atoms with E-state index in [0.29, 0.717) is 6.54 Å². The Morgan fingerprint density at radius 1 is 1.36 bits per heavy atom. The number of likely N-dealkylation sites (tertiary alicyclic amines) is 1. The molecule has 2 rings (SSSR count). The third-order valence-electron chi connectivity index (χ3n) is 4.52. The average molecular weight is 347 g/mol. The van der Waals surface area contributed by atoms with Gasteiger partial charge in [0.25, 0.3) is 0 Å². The first kappa shape index (κ1) is 19.0. The first-order chi connectivity index (χ1) is 11.9. The van der Waals surface area contributed by atoms with E-state index in [4.69, 9.17) is 0 Å². The molecule has 1 aliphatic heterocycles. The molecule has 1 fully saturated rings. The zero-order chi connectivity index (χ0) is 18.4. The molecule has 0 aromatic carbocycles. The molecule has 0 saturated carbocycles. The van der Waals surface area contributed by atoms with Crippen molar-refractivity contribution < 1.29 is 9.59 Å². The third-order valence-corrected chi connectivity index (χ3v) is 4.52. The van der Waals surface area contributed by atoms with Crippen LogP contribution in [-0.2, 0) is 11.3 Å². The number of pyridine rings is 1. The van der Waals surface area contributed by atoms with Crippen LogP contribution < -0.4 is 15.5 Å². The van der Waals surface area contributed by atoms with Crippen LogP contribution in [0.2, 0.25) is 0 Å². The minimum absolute atomic E-state index is 0.0145. The Labute approximate surface area is 149 Å². The summed E-state index contributed by atoms with van der Waals surface area (Å²) in [5.74, 6) is 0.849. The van der Waals surface area contributed by atoms with E-state index in [2.05, 4.69) is 22.5 Å². The first-order valence-electron chi connectivity index (χ1n) is 8.85. The number of rotatable bonds is 5. The van der Waals surface area contributed by atoms with Gasteiger partial charge in [-0.3, -0.25) is 4.79 Å². The summed E-state index contributed by atoms with van der Waals surface area (Å²) in [6.07, 6.45) is 4.96. The Morgan fingerprint density at radius 3 is 2.72 bits per heavy atom. The summed E-state index contributed by atoms with van der Waals surface area (Å²) in [4.78, 5) is 32.6. The van der Waals surface area contributed by atoms with Gasteiger partial charge in [-0.2, -0.15) is 0 Å². The van der Waals surface area contributed by atoms with E-state index >= 15 is 0 Å². The zero-order valence-corrected chi connectivity index (χ0v) is 15.6. The number of aromatic nitrogens is 1. The number of hydrogen-bond donors (Lipinski definition) is 2. The highest BCUT2D eigenvalue weighted by Crippen LogP contribution is 2.17. The normalized spacial score (nSPS) is 18.4. The van der Waals surface area contributed by atoms with Crippen LogP contribution in [0.4, 0.5) is 10.6 Å². The molecule has 0 aliphatic carbocycles. The van der Waals surface area contributed by atoms with Crippen LogP contribution in [-0.4, -0.2) is 54.5 Å². The molecule has 2 N–H and O–H groups in total. The molecule has 0 radical (unpaired) electrons. The third kappa shape index (κ3) is 5.34. The quantitative estimate of drug-likeness (QED) is 0.850. The highest BCUT2D eigenvalue weighted by atomic mass is 16.2. The Morgan fingerprint density at radius 2 is 2.12 bits per heavy atom. The van der Waals surface area contributed by atoms with Gasteiger partial charge in [-0.05, 0) is 44.7 Å². The second-order valence-electron chi connectivity index (χ2n) is 6.84. The monoisotopic (exact) mass is 347 g/mol. The molecule has 0 bridgehead atoms. The van der Waals surface area contributed by atoms with Crippen molar-refractivity contribution >= 4 is 17.8 Å². The summed E-state index contributed by atoms with van der Waals surface area (Å²) in [7, 11) is 3.85. The SMILES string of the molecule is C[C@@H](NC(=O)NCc1ccc(N(C)C)nc1)C(=O)N1CCCC[C@@H]1C. The lowest BCUT2D eigenvalue weighted by Gasteiger charge is -2.35. The van der Waals surface area contributed by atoms with E-state index in [-0.39, 0.29) is 18.0 Å². The molecule has 1 aromatic heterocycles. The Balaban J connectivity index is 1.79. The average Bonchev–Trinajstić information content (AvgIpc) is 2.60. The highest BCUT2D eigenvalue weighted by molar-refractivity contribution is 5.87. The molecule has 0 spiro atoms. The lowest BCUT2D eigenvalue weighted by Crippen LogP contribution is -2.53. The van der Waals surface area contributed by atoms with Crippen molar-refractivity contribution in [1.29, 1.82) is 0 Å². The van der Waals surface area contributed by atoms with Gasteiger partial charge in [0.15, 0.2) is 0 Å². The molecule has 0 unspecified atom stereocenters. The predicted octanol–water partition coefficient (Wildman–Crippen LogP) is 1.74. The number of nitrogens with one attached hydrogen (secondary N) is 2. The molecule has 7 nitrogen and oxygen atoms in total. The maximum atomic E-state index is 12.5. The smallest absolute Gasteiger partial charge is 0.315 e. The fraction of sp³-hybridized carbons (Fsp3) is 0.611. The number of urea groups is 1. The van der Waals surface area contributed by atoms with Crippen molar-refractivity contribution in [3.63, 3.8) is 0 Å². The molecule has 138 valence electrons. The van der Waals surface area contributed by atoms with Crippen molar-refractivity contribution in [2.75, 3.05) is 25.5 Å². The van der Waals surface area contributed by atoms with E-state index in [1.54, 1.807) is 13.1 Å². The first-order valence-corrected chi connectivity index (χ1v) is 8.85. The molecule has 25 heavy (non-hydrogen) atoms. The van der Waals surface area contributed by atoms with Crippen LogP contribution in [0.15, 0.2) is 18.3 Å². The molecule has 1 aliphatic rings. The fourth-order valence-electron chi connectivity index (χ4n) is 2.95. The lowest BCUT2D eigenvalue weighted by atomic mass is 10.0. The molecule has 1 aromatic rings. The van der Waals surface area contributed by atoms with Gasteiger partial charge in [-0.15, -0.1) is 0 Å². The van der Waals surface area contributed by atoms with Crippen molar-refractivity contribution in [3.05, 3.63) is 23.9 Å². The molecule has 2 atom stereocenters. The number of nitrogens with zero attached hydrogens (tertiary/aromatic N) is 3. The topological polar surface area (TPSA) is 77.6 Å². The highest BCUT2D eigenvalue weighted by Gasteiger charge is 2.27. The summed E-state index contributed by atoms with van der Waals surface area (Å²) in [5.41, 5.74) is 0.907. The standard InChI is InChI=1S/C18H29N5O2/c1-13-7-5-6-10-23(13)17(24)14(2)21-18(25)20-12-15-8-9-16(19-11-15)22(3)4/h8-9,11,13-14H,5-7,10,12H2,1-4H3,(H2,20,21,25)/t13-,14+/m0/s1. The van der Waals surface area contributed by atoms with E-state index in [0.717, 1.165) is 37.2 Å². The van der Waals surface area contributed by atoms with Gasteiger partial charge in [0.2, 0.25) is 5.91 Å². The lowest BCUT2D eigenvalue weighted by molar-refractivity contribution is -0.136. The van der Waals surface area contributed by atoms with E-state index in [1.165, 1.54) is 0 Å². The maximum Gasteiger partial charge on any atom is 0.315 e. The van der Waals surface area contributed by atoms with Crippen LogP contribution in [0, 0.1) is 0 Å². The van der Waals surface area contributed by atoms with Crippen LogP contribution in [0.5, 0.6) is 0 Å². The van der Waals surface area contributed by atoms with Crippen molar-refractivity contribution in [2.24, 2.45) is 0 Å². The van der Waals surface area contributed by atoms with Gasteiger partial charge in [0.05, 0.1) is 0 Å². The number of hydrogen-bond acceptors (Lipinski definition) is 4. The van der Waals surface area contributed by atoms with Crippen molar-refractivity contribution in [1.82, 2.24) is 20.5 Å². The van der Waals surface area contributed by atoms with E-state index < -0.39 is 6.04 Å². The Hall–Kier alpha value is -2.31. The predicted molar refractivity (Wildman–Crippen MR) is 98.4 cm³/mol. The van der Waals surface area contributed by atoms with E-state index in [9.17, 15) is 9.59 Å². The Kier molecular flexibility index (Phi) is 6.61. The van der Waals surface area contributed by atoms with Gasteiger partial charge >= 0.3 is 6.03 Å². The summed E-state index contributed by atoms with van der Waals surface area (Å²) < 4.78 is 0. The molecular formula is C18H29N5O2. The van der Waals surface area contributed by atoms with Crippen LogP contribution in [0.3, 0.4) is 0 Å². The van der Waals surface area contributed by atoms with Crippen LogP contribution in [0.1, 0.15) is 38.7 Å². The summed E-state index contributed by atoms with van der Waals surface area (Å²) in [6.45, 7) is 4.94. The van der Waals surface area contributed by atoms with Crippen molar-refractivity contribution in [2.45, 2.75) is 51.7 Å². The number of piperidine rings is 1. The minimum Gasteiger partial charge on any atom is -0.363 e. The Bertz CT molecular complexity index is 588. The molecule has 1 saturated heterocycles. The maximum absolute atomic E-state index is 12.5. The molecule has 3 amide bonds. The van der Waals surface area contributed by atoms with Crippen LogP contribution >= 0.6 is 0 Å². The summed E-state index contributed by atoms with van der Waals surface area (Å²) in [6, 6.07) is 3.19. The molecule has 7 heteroatoms. The van der Waals surface area contributed by atoms with Gasteiger partial charge in [-0.25, -0.2) is 9.78 Å². The van der Waals surface area contributed by atoms with E-state index in [1.807, 2.05) is 36.0 Å². The van der Waals surface area contributed by atoms with Gasteiger partial charge < -0.3 is 20.4 Å². The summed E-state index contributed by atoms with van der Waals surface area (Å²) >= 11 is 0. The van der Waals surface area contributed by atoms with Crippen molar-refractivity contribution in [3.8, 4) is 0 Å². The zero-order valence-electron chi connectivity index (χ0n) is 15.6. The van der Waals surface area contributed by atoms with Gasteiger partial charge in [0, 0.05) is 39.4 Å². The number of amides is 3.